The Labute approximate surface area is 167 Å². The first kappa shape index (κ1) is 18.6. The van der Waals surface area contributed by atoms with Gasteiger partial charge < -0.3 is 16.0 Å². The van der Waals surface area contributed by atoms with Crippen LogP contribution in [0.5, 0.6) is 0 Å². The first-order valence-corrected chi connectivity index (χ1v) is 9.47. The summed E-state index contributed by atoms with van der Waals surface area (Å²) in [5.74, 6) is -0.153. The summed E-state index contributed by atoms with van der Waals surface area (Å²) < 4.78 is 0.952. The first-order chi connectivity index (χ1) is 12.3. The number of carbonyl (C=O) groups is 1. The molecular formula is C20H20BrN3OS. The maximum atomic E-state index is 13.1. The molecule has 0 saturated carbocycles. The fourth-order valence-electron chi connectivity index (χ4n) is 3.18. The first-order valence-electron chi connectivity index (χ1n) is 8.27. The molecule has 6 heteroatoms. The molecule has 0 fully saturated rings. The van der Waals surface area contributed by atoms with Crippen molar-refractivity contribution in [2.45, 2.75) is 26.8 Å². The summed E-state index contributed by atoms with van der Waals surface area (Å²) in [6, 6.07) is 13.6. The zero-order valence-corrected chi connectivity index (χ0v) is 17.2. The highest BCUT2D eigenvalue weighted by molar-refractivity contribution is 9.10. The van der Waals surface area contributed by atoms with Crippen LogP contribution in [0.2, 0.25) is 0 Å². The molecule has 2 aromatic carbocycles. The van der Waals surface area contributed by atoms with E-state index < -0.39 is 0 Å². The lowest BCUT2D eigenvalue weighted by molar-refractivity contribution is -0.113. The summed E-state index contributed by atoms with van der Waals surface area (Å²) >= 11 is 8.79. The van der Waals surface area contributed by atoms with E-state index in [2.05, 4.69) is 37.9 Å². The molecule has 1 atom stereocenters. The van der Waals surface area contributed by atoms with Crippen LogP contribution in [0.3, 0.4) is 0 Å². The monoisotopic (exact) mass is 429 g/mol. The minimum atomic E-state index is -0.313. The Bertz CT molecular complexity index is 903. The van der Waals surface area contributed by atoms with Gasteiger partial charge in [0.2, 0.25) is 0 Å². The number of hydrogen-bond donors (Lipinski definition) is 3. The molecule has 3 N–H and O–H groups in total. The van der Waals surface area contributed by atoms with Crippen LogP contribution in [-0.4, -0.2) is 11.0 Å². The van der Waals surface area contributed by atoms with Gasteiger partial charge in [0.15, 0.2) is 5.11 Å². The molecule has 0 saturated heterocycles. The van der Waals surface area contributed by atoms with Gasteiger partial charge in [-0.25, -0.2) is 0 Å². The number of thiocarbonyl (C=S) groups is 1. The number of amides is 1. The molecule has 4 nitrogen and oxygen atoms in total. The summed E-state index contributed by atoms with van der Waals surface area (Å²) in [7, 11) is 0. The third kappa shape index (κ3) is 4.14. The molecule has 3 rings (SSSR count). The molecule has 2 aromatic rings. The largest absolute Gasteiger partial charge is 0.351 e. The van der Waals surface area contributed by atoms with E-state index in [9.17, 15) is 4.79 Å². The number of aryl methyl sites for hydroxylation is 2. The van der Waals surface area contributed by atoms with Gasteiger partial charge in [0.25, 0.3) is 5.91 Å². The Morgan fingerprint density at radius 2 is 1.81 bits per heavy atom. The highest BCUT2D eigenvalue weighted by Gasteiger charge is 2.30. The van der Waals surface area contributed by atoms with E-state index in [1.807, 2.05) is 57.2 Å². The fraction of sp³-hybridized carbons (Fsp3) is 0.200. The van der Waals surface area contributed by atoms with E-state index in [0.717, 1.165) is 32.5 Å². The third-order valence-corrected chi connectivity index (χ3v) is 4.89. The second-order valence-electron chi connectivity index (χ2n) is 6.46. The number of hydrogen-bond acceptors (Lipinski definition) is 2. The lowest BCUT2D eigenvalue weighted by Gasteiger charge is -2.30. The van der Waals surface area contributed by atoms with Crippen molar-refractivity contribution in [2.75, 3.05) is 5.32 Å². The van der Waals surface area contributed by atoms with Crippen molar-refractivity contribution < 1.29 is 4.79 Å². The van der Waals surface area contributed by atoms with E-state index in [4.69, 9.17) is 12.2 Å². The third-order valence-electron chi connectivity index (χ3n) is 4.18. The molecular weight excluding hydrogens is 410 g/mol. The van der Waals surface area contributed by atoms with E-state index in [1.165, 1.54) is 0 Å². The highest BCUT2D eigenvalue weighted by Crippen LogP contribution is 2.29. The zero-order chi connectivity index (χ0) is 18.8. The van der Waals surface area contributed by atoms with Crippen molar-refractivity contribution in [1.82, 2.24) is 10.6 Å². The molecule has 0 aliphatic carbocycles. The molecule has 1 amide bonds. The van der Waals surface area contributed by atoms with Crippen LogP contribution in [0.15, 0.2) is 58.2 Å². The van der Waals surface area contributed by atoms with E-state index in [-0.39, 0.29) is 11.9 Å². The Hall–Kier alpha value is -2.18. The molecule has 1 aliphatic heterocycles. The Morgan fingerprint density at radius 3 is 2.46 bits per heavy atom. The van der Waals surface area contributed by atoms with Gasteiger partial charge in [0, 0.05) is 15.9 Å². The molecule has 1 heterocycles. The Morgan fingerprint density at radius 1 is 1.12 bits per heavy atom. The quantitative estimate of drug-likeness (QED) is 0.628. The van der Waals surface area contributed by atoms with Crippen LogP contribution in [0, 0.1) is 13.8 Å². The Kier molecular flexibility index (Phi) is 5.44. The number of carbonyl (C=O) groups excluding carboxylic acids is 1. The highest BCUT2D eigenvalue weighted by atomic mass is 79.9. The zero-order valence-electron chi connectivity index (χ0n) is 14.8. The molecule has 134 valence electrons. The minimum absolute atomic E-state index is 0.153. The summed E-state index contributed by atoms with van der Waals surface area (Å²) in [5.41, 5.74) is 5.34. The van der Waals surface area contributed by atoms with Crippen LogP contribution in [0.4, 0.5) is 5.69 Å². The van der Waals surface area contributed by atoms with Crippen LogP contribution < -0.4 is 16.0 Å². The SMILES string of the molecule is CC1=C(C(=O)Nc2cc(C)cc(C)c2)[C@H](c2cccc(Br)c2)NC(=S)N1. The lowest BCUT2D eigenvalue weighted by Crippen LogP contribution is -2.45. The van der Waals surface area contributed by atoms with Crippen LogP contribution in [0.1, 0.15) is 29.7 Å². The van der Waals surface area contributed by atoms with Crippen LogP contribution in [-0.2, 0) is 4.79 Å². The average molecular weight is 430 g/mol. The topological polar surface area (TPSA) is 53.2 Å². The summed E-state index contributed by atoms with van der Waals surface area (Å²) in [6.07, 6.45) is 0. The van der Waals surface area contributed by atoms with Gasteiger partial charge in [-0.3, -0.25) is 4.79 Å². The maximum Gasteiger partial charge on any atom is 0.255 e. The molecule has 0 bridgehead atoms. The van der Waals surface area contributed by atoms with Gasteiger partial charge in [0.1, 0.15) is 0 Å². The van der Waals surface area contributed by atoms with Gasteiger partial charge in [0.05, 0.1) is 11.6 Å². The summed E-state index contributed by atoms with van der Waals surface area (Å²) in [6.45, 7) is 5.90. The molecule has 0 spiro atoms. The van der Waals surface area contributed by atoms with Gasteiger partial charge in [-0.05, 0) is 73.9 Å². The van der Waals surface area contributed by atoms with Gasteiger partial charge >= 0.3 is 0 Å². The van der Waals surface area contributed by atoms with Crippen molar-refractivity contribution in [2.24, 2.45) is 0 Å². The molecule has 26 heavy (non-hydrogen) atoms. The molecule has 0 aromatic heterocycles. The van der Waals surface area contributed by atoms with Crippen molar-refractivity contribution in [1.29, 1.82) is 0 Å². The number of benzene rings is 2. The smallest absolute Gasteiger partial charge is 0.255 e. The fourth-order valence-corrected chi connectivity index (χ4v) is 3.86. The summed E-state index contributed by atoms with van der Waals surface area (Å²) in [4.78, 5) is 13.1. The second-order valence-corrected chi connectivity index (χ2v) is 7.78. The van der Waals surface area contributed by atoms with Crippen LogP contribution in [0.25, 0.3) is 0 Å². The van der Waals surface area contributed by atoms with E-state index in [0.29, 0.717) is 10.7 Å². The molecule has 1 aliphatic rings. The van der Waals surface area contributed by atoms with Crippen molar-refractivity contribution in [3.05, 3.63) is 74.9 Å². The Balaban J connectivity index is 1.96. The van der Waals surface area contributed by atoms with Crippen molar-refractivity contribution >= 4 is 44.9 Å². The molecule has 0 unspecified atom stereocenters. The van der Waals surface area contributed by atoms with Crippen LogP contribution >= 0.6 is 28.1 Å². The maximum absolute atomic E-state index is 13.1. The number of allylic oxidation sites excluding steroid dienone is 1. The van der Waals surface area contributed by atoms with Crippen molar-refractivity contribution in [3.8, 4) is 0 Å². The lowest BCUT2D eigenvalue weighted by atomic mass is 9.95. The van der Waals surface area contributed by atoms with E-state index >= 15 is 0 Å². The second kappa shape index (κ2) is 7.60. The predicted octanol–water partition coefficient (Wildman–Crippen LogP) is 4.50. The van der Waals surface area contributed by atoms with Gasteiger partial charge in [-0.1, -0.05) is 34.1 Å². The van der Waals surface area contributed by atoms with Crippen molar-refractivity contribution in [3.63, 3.8) is 0 Å². The minimum Gasteiger partial charge on any atom is -0.351 e. The number of halogens is 1. The summed E-state index contributed by atoms with van der Waals surface area (Å²) in [5, 5.41) is 9.80. The van der Waals surface area contributed by atoms with E-state index in [1.54, 1.807) is 0 Å². The predicted molar refractivity (Wildman–Crippen MR) is 113 cm³/mol. The molecule has 0 radical (unpaired) electrons. The number of anilines is 1. The van der Waals surface area contributed by atoms with Gasteiger partial charge in [-0.2, -0.15) is 0 Å². The number of nitrogens with one attached hydrogen (secondary N) is 3. The normalized spacial score (nSPS) is 16.8. The van der Waals surface area contributed by atoms with Gasteiger partial charge in [-0.15, -0.1) is 0 Å². The average Bonchev–Trinajstić information content (AvgIpc) is 2.52. The number of rotatable bonds is 3. The standard InChI is InChI=1S/C20H20BrN3OS/c1-11-7-12(2)9-16(8-11)23-19(25)17-13(3)22-20(26)24-18(17)14-5-4-6-15(21)10-14/h4-10,18H,1-3H3,(H,23,25)(H2,22,24,26)/t18-/m0/s1.